The summed E-state index contributed by atoms with van der Waals surface area (Å²) in [5.74, 6) is 1.78. The fourth-order valence-corrected chi connectivity index (χ4v) is 8.61. The van der Waals surface area contributed by atoms with Gasteiger partial charge in [0, 0.05) is 43.6 Å². The fraction of sp³-hybridized carbons (Fsp3) is 0.0377. The molecule has 12 aromatic rings. The lowest BCUT2D eigenvalue weighted by Crippen LogP contribution is -2.07. The summed E-state index contributed by atoms with van der Waals surface area (Å²) < 4.78 is 8.85. The van der Waals surface area contributed by atoms with E-state index in [-0.39, 0.29) is 0 Å². The van der Waals surface area contributed by atoms with Crippen molar-refractivity contribution in [3.8, 4) is 39.9 Å². The van der Waals surface area contributed by atoms with Crippen molar-refractivity contribution in [3.05, 3.63) is 182 Å². The molecule has 0 amide bonds. The maximum Gasteiger partial charge on any atom is 0.238 e. The van der Waals surface area contributed by atoms with Crippen LogP contribution in [0.1, 0.15) is 13.8 Å². The van der Waals surface area contributed by atoms with Gasteiger partial charge in [-0.05, 0) is 56.8 Å². The SMILES string of the molecule is CC.c1ccc(-c2nc(-c3ccc4ccccc4c3)nc(-n3c4c(-c5ccc6c(c5)oc5ccc7ccccc7c56)cccc4c4ccc5ccccc5c43)n2)cc1. The van der Waals surface area contributed by atoms with E-state index < -0.39 is 0 Å². The van der Waals surface area contributed by atoms with E-state index in [1.807, 2.05) is 32.0 Å². The standard InChI is InChI=1S/C51H30N4O.C2H6/c1-2-14-34(15-3-1)49-52-50(37-22-21-31-11-4-5-16-35(31)29-37)54-51(53-49)55-47-39-18-9-7-13-33(39)23-26-42(47)41-20-10-19-40(48(41)55)36-24-27-43-45(30-36)56-44-28-25-32-12-6-8-17-38(32)46(43)44;1-2/h1-30H;1-2H3. The molecule has 0 aliphatic carbocycles. The highest BCUT2D eigenvalue weighted by molar-refractivity contribution is 6.22. The van der Waals surface area contributed by atoms with Crippen LogP contribution in [0, 0.1) is 0 Å². The largest absolute Gasteiger partial charge is 0.456 e. The Labute approximate surface area is 334 Å². The number of aromatic nitrogens is 4. The normalized spacial score (nSPS) is 11.6. The molecule has 3 heterocycles. The van der Waals surface area contributed by atoms with Crippen molar-refractivity contribution in [2.45, 2.75) is 13.8 Å². The summed E-state index contributed by atoms with van der Waals surface area (Å²) in [7, 11) is 0. The minimum atomic E-state index is 0.557. The Morgan fingerprint density at radius 1 is 0.379 bits per heavy atom. The van der Waals surface area contributed by atoms with Crippen LogP contribution in [0.2, 0.25) is 0 Å². The second kappa shape index (κ2) is 13.5. The molecule has 0 unspecified atom stereocenters. The molecule has 0 bridgehead atoms. The summed E-state index contributed by atoms with van der Waals surface area (Å²) in [5, 5.41) is 11.5. The molecule has 58 heavy (non-hydrogen) atoms. The topological polar surface area (TPSA) is 56.7 Å². The van der Waals surface area contributed by atoms with Gasteiger partial charge in [-0.15, -0.1) is 0 Å². The predicted octanol–water partition coefficient (Wildman–Crippen LogP) is 14.4. The third-order valence-electron chi connectivity index (χ3n) is 11.2. The maximum atomic E-state index is 6.59. The molecule has 0 saturated heterocycles. The lowest BCUT2D eigenvalue weighted by Gasteiger charge is -2.14. The summed E-state index contributed by atoms with van der Waals surface area (Å²) in [6.45, 7) is 4.00. The molecule has 12 rings (SSSR count). The molecule has 0 atom stereocenters. The van der Waals surface area contributed by atoms with Crippen LogP contribution in [-0.2, 0) is 0 Å². The molecule has 9 aromatic carbocycles. The first-order chi connectivity index (χ1) is 28.7. The second-order valence-corrected chi connectivity index (χ2v) is 14.4. The van der Waals surface area contributed by atoms with E-state index in [1.54, 1.807) is 0 Å². The Kier molecular flexibility index (Phi) is 7.86. The Morgan fingerprint density at radius 2 is 0.983 bits per heavy atom. The number of nitrogens with zero attached hydrogens (tertiary/aromatic N) is 4. The number of furan rings is 1. The zero-order valence-electron chi connectivity index (χ0n) is 32.0. The lowest BCUT2D eigenvalue weighted by molar-refractivity contribution is 0.669. The van der Waals surface area contributed by atoms with E-state index >= 15 is 0 Å². The average molecular weight is 745 g/mol. The van der Waals surface area contributed by atoms with Crippen LogP contribution >= 0.6 is 0 Å². The summed E-state index contributed by atoms with van der Waals surface area (Å²) in [6, 6.07) is 63.9. The molecule has 0 N–H and O–H groups in total. The highest BCUT2D eigenvalue weighted by atomic mass is 16.3. The van der Waals surface area contributed by atoms with Gasteiger partial charge in [0.2, 0.25) is 5.95 Å². The van der Waals surface area contributed by atoms with Crippen LogP contribution in [0.15, 0.2) is 186 Å². The van der Waals surface area contributed by atoms with Crippen LogP contribution in [0.3, 0.4) is 0 Å². The molecule has 3 aromatic heterocycles. The van der Waals surface area contributed by atoms with Crippen molar-refractivity contribution in [2.24, 2.45) is 0 Å². The summed E-state index contributed by atoms with van der Waals surface area (Å²) >= 11 is 0. The van der Waals surface area contributed by atoms with Gasteiger partial charge < -0.3 is 4.42 Å². The monoisotopic (exact) mass is 744 g/mol. The molecule has 0 radical (unpaired) electrons. The molecule has 5 nitrogen and oxygen atoms in total. The Morgan fingerprint density at radius 3 is 1.81 bits per heavy atom. The van der Waals surface area contributed by atoms with E-state index in [4.69, 9.17) is 19.4 Å². The first-order valence-electron chi connectivity index (χ1n) is 19.9. The Hall–Kier alpha value is -7.63. The van der Waals surface area contributed by atoms with E-state index in [1.165, 1.54) is 16.2 Å². The third kappa shape index (κ3) is 5.28. The molecule has 274 valence electrons. The quantitative estimate of drug-likeness (QED) is 0.180. The van der Waals surface area contributed by atoms with Crippen molar-refractivity contribution in [1.82, 2.24) is 19.5 Å². The van der Waals surface area contributed by atoms with Gasteiger partial charge in [0.15, 0.2) is 11.6 Å². The molecule has 0 spiro atoms. The fourth-order valence-electron chi connectivity index (χ4n) is 8.61. The number of fused-ring (bicyclic) bond motifs is 11. The smallest absolute Gasteiger partial charge is 0.238 e. The van der Waals surface area contributed by atoms with E-state index in [9.17, 15) is 0 Å². The first kappa shape index (κ1) is 33.7. The number of rotatable bonds is 4. The van der Waals surface area contributed by atoms with Crippen LogP contribution in [0.25, 0.3) is 116 Å². The zero-order chi connectivity index (χ0) is 38.7. The zero-order valence-corrected chi connectivity index (χ0v) is 32.0. The van der Waals surface area contributed by atoms with Crippen molar-refractivity contribution in [1.29, 1.82) is 0 Å². The van der Waals surface area contributed by atoms with Gasteiger partial charge in [-0.1, -0.05) is 172 Å². The molecule has 5 heteroatoms. The molecule has 0 aliphatic heterocycles. The van der Waals surface area contributed by atoms with Crippen molar-refractivity contribution < 1.29 is 4.42 Å². The average Bonchev–Trinajstić information content (AvgIpc) is 3.86. The minimum absolute atomic E-state index is 0.557. The maximum absolute atomic E-state index is 6.59. The highest BCUT2D eigenvalue weighted by Gasteiger charge is 2.23. The minimum Gasteiger partial charge on any atom is -0.456 e. The third-order valence-corrected chi connectivity index (χ3v) is 11.2. The van der Waals surface area contributed by atoms with Gasteiger partial charge in [-0.2, -0.15) is 9.97 Å². The van der Waals surface area contributed by atoms with Gasteiger partial charge in [0.1, 0.15) is 11.2 Å². The van der Waals surface area contributed by atoms with E-state index in [0.717, 1.165) is 82.2 Å². The molecular formula is C53H36N4O. The summed E-state index contributed by atoms with van der Waals surface area (Å²) in [5.41, 5.74) is 7.77. The van der Waals surface area contributed by atoms with Gasteiger partial charge >= 0.3 is 0 Å². The van der Waals surface area contributed by atoms with Crippen LogP contribution < -0.4 is 0 Å². The van der Waals surface area contributed by atoms with Crippen molar-refractivity contribution >= 4 is 76.1 Å². The Bertz CT molecular complexity index is 3540. The first-order valence-corrected chi connectivity index (χ1v) is 19.9. The van der Waals surface area contributed by atoms with E-state index in [0.29, 0.717) is 17.6 Å². The van der Waals surface area contributed by atoms with Crippen molar-refractivity contribution in [2.75, 3.05) is 0 Å². The second-order valence-electron chi connectivity index (χ2n) is 14.4. The van der Waals surface area contributed by atoms with Crippen LogP contribution in [-0.4, -0.2) is 19.5 Å². The lowest BCUT2D eigenvalue weighted by atomic mass is 9.99. The summed E-state index contributed by atoms with van der Waals surface area (Å²) in [6.07, 6.45) is 0. The van der Waals surface area contributed by atoms with Gasteiger partial charge in [0.25, 0.3) is 0 Å². The molecule has 0 saturated carbocycles. The number of hydrogen-bond donors (Lipinski definition) is 0. The highest BCUT2D eigenvalue weighted by Crippen LogP contribution is 2.43. The van der Waals surface area contributed by atoms with Crippen LogP contribution in [0.4, 0.5) is 0 Å². The van der Waals surface area contributed by atoms with Crippen molar-refractivity contribution in [3.63, 3.8) is 0 Å². The Balaban J connectivity index is 0.00000190. The number of para-hydroxylation sites is 1. The predicted molar refractivity (Wildman–Crippen MR) is 242 cm³/mol. The van der Waals surface area contributed by atoms with Gasteiger partial charge in [-0.25, -0.2) is 4.98 Å². The van der Waals surface area contributed by atoms with Gasteiger partial charge in [-0.3, -0.25) is 4.57 Å². The molecule has 0 aliphatic rings. The number of benzene rings is 9. The van der Waals surface area contributed by atoms with E-state index in [2.05, 4.69) is 168 Å². The van der Waals surface area contributed by atoms with Gasteiger partial charge in [0.05, 0.1) is 11.0 Å². The number of hydrogen-bond acceptors (Lipinski definition) is 4. The summed E-state index contributed by atoms with van der Waals surface area (Å²) in [4.78, 5) is 15.8. The molecular weight excluding hydrogens is 709 g/mol. The molecule has 0 fully saturated rings. The van der Waals surface area contributed by atoms with Crippen LogP contribution in [0.5, 0.6) is 0 Å².